The van der Waals surface area contributed by atoms with Crippen molar-refractivity contribution in [3.05, 3.63) is 24.3 Å². The maximum absolute atomic E-state index is 4.28. The van der Waals surface area contributed by atoms with Crippen LogP contribution in [-0.2, 0) is 0 Å². The lowest BCUT2D eigenvalue weighted by atomic mass is 9.81. The van der Waals surface area contributed by atoms with Crippen molar-refractivity contribution in [2.24, 2.45) is 5.92 Å². The van der Waals surface area contributed by atoms with E-state index in [9.17, 15) is 0 Å². The highest BCUT2D eigenvalue weighted by molar-refractivity contribution is 5.02. The Morgan fingerprint density at radius 1 is 1.43 bits per heavy atom. The molecule has 2 rings (SSSR count). The molecule has 0 radical (unpaired) electrons. The van der Waals surface area contributed by atoms with Gasteiger partial charge in [0.2, 0.25) is 0 Å². The van der Waals surface area contributed by atoms with Gasteiger partial charge in [-0.2, -0.15) is 0 Å². The summed E-state index contributed by atoms with van der Waals surface area (Å²) in [4.78, 5) is 8.35. The van der Waals surface area contributed by atoms with Crippen molar-refractivity contribution in [3.63, 3.8) is 0 Å². The van der Waals surface area contributed by atoms with Crippen molar-refractivity contribution < 1.29 is 0 Å². The van der Waals surface area contributed by atoms with Gasteiger partial charge >= 0.3 is 0 Å². The highest BCUT2D eigenvalue weighted by Crippen LogP contribution is 2.28. The van der Waals surface area contributed by atoms with Gasteiger partial charge in [0.1, 0.15) is 0 Å². The molecule has 1 atom stereocenters. The Balaban J connectivity index is 1.87. The van der Waals surface area contributed by atoms with Crippen molar-refractivity contribution in [1.29, 1.82) is 0 Å². The number of nitrogens with one attached hydrogen (secondary N) is 1. The van der Waals surface area contributed by atoms with E-state index < -0.39 is 0 Å². The molecule has 0 aliphatic heterocycles. The van der Waals surface area contributed by atoms with Crippen LogP contribution < -0.4 is 5.32 Å². The van der Waals surface area contributed by atoms with Crippen LogP contribution in [0.2, 0.25) is 0 Å². The molecule has 1 aliphatic carbocycles. The molecule has 0 bridgehead atoms. The molecule has 3 heteroatoms. The maximum Gasteiger partial charge on any atom is 0.0753 e. The van der Waals surface area contributed by atoms with Crippen LogP contribution in [0.3, 0.4) is 0 Å². The van der Waals surface area contributed by atoms with E-state index in [1.807, 2.05) is 6.20 Å². The minimum Gasteiger partial charge on any atom is -0.306 e. The van der Waals surface area contributed by atoms with Gasteiger partial charge in [0, 0.05) is 30.7 Å². The van der Waals surface area contributed by atoms with Gasteiger partial charge in [-0.3, -0.25) is 9.97 Å². The number of hydrogen-bond donors (Lipinski definition) is 1. The Hall–Kier alpha value is -0.960. The molecule has 0 amide bonds. The fourth-order valence-corrected chi connectivity index (χ4v) is 2.01. The van der Waals surface area contributed by atoms with Gasteiger partial charge in [0.25, 0.3) is 0 Å². The SMILES string of the molecule is CC1CC(NC(C)c2cnccn2)C1. The number of aromatic nitrogens is 2. The van der Waals surface area contributed by atoms with Crippen LogP contribution in [0.1, 0.15) is 38.4 Å². The van der Waals surface area contributed by atoms with Crippen molar-refractivity contribution in [2.75, 3.05) is 0 Å². The lowest BCUT2D eigenvalue weighted by Crippen LogP contribution is -2.41. The summed E-state index contributed by atoms with van der Waals surface area (Å²) in [6.07, 6.45) is 7.88. The normalized spacial score (nSPS) is 28.1. The van der Waals surface area contributed by atoms with Crippen molar-refractivity contribution in [2.45, 2.75) is 38.8 Å². The maximum atomic E-state index is 4.28. The molecule has 1 saturated carbocycles. The first-order valence-electron chi connectivity index (χ1n) is 5.27. The minimum atomic E-state index is 0.321. The molecular formula is C11H17N3. The molecule has 1 fully saturated rings. The van der Waals surface area contributed by atoms with Crippen LogP contribution in [0.15, 0.2) is 18.6 Å². The second-order valence-corrected chi connectivity index (χ2v) is 4.29. The zero-order chi connectivity index (χ0) is 9.97. The fraction of sp³-hybridized carbons (Fsp3) is 0.636. The van der Waals surface area contributed by atoms with Crippen LogP contribution in [0, 0.1) is 5.92 Å². The highest BCUT2D eigenvalue weighted by Gasteiger charge is 2.26. The van der Waals surface area contributed by atoms with Gasteiger partial charge in [-0.25, -0.2) is 0 Å². The lowest BCUT2D eigenvalue weighted by Gasteiger charge is -2.35. The molecule has 1 heterocycles. The number of rotatable bonds is 3. The van der Waals surface area contributed by atoms with E-state index in [-0.39, 0.29) is 0 Å². The molecule has 1 unspecified atom stereocenters. The molecule has 1 aromatic heterocycles. The van der Waals surface area contributed by atoms with E-state index in [4.69, 9.17) is 0 Å². The van der Waals surface area contributed by atoms with Crippen molar-refractivity contribution in [3.8, 4) is 0 Å². The monoisotopic (exact) mass is 191 g/mol. The molecule has 0 aromatic carbocycles. The van der Waals surface area contributed by atoms with Crippen LogP contribution >= 0.6 is 0 Å². The first-order chi connectivity index (χ1) is 6.75. The Kier molecular flexibility index (Phi) is 2.77. The molecule has 0 saturated heterocycles. The summed E-state index contributed by atoms with van der Waals surface area (Å²) in [5.41, 5.74) is 1.03. The van der Waals surface area contributed by atoms with E-state index >= 15 is 0 Å². The standard InChI is InChI=1S/C11H17N3/c1-8-5-10(6-8)14-9(2)11-7-12-3-4-13-11/h3-4,7-10,14H,5-6H2,1-2H3. The minimum absolute atomic E-state index is 0.321. The molecule has 1 aliphatic rings. The molecule has 1 aromatic rings. The number of nitrogens with zero attached hydrogens (tertiary/aromatic N) is 2. The van der Waals surface area contributed by atoms with Crippen LogP contribution in [-0.4, -0.2) is 16.0 Å². The topological polar surface area (TPSA) is 37.8 Å². The fourth-order valence-electron chi connectivity index (χ4n) is 2.01. The highest BCUT2D eigenvalue weighted by atomic mass is 15.0. The molecule has 0 spiro atoms. The van der Waals surface area contributed by atoms with E-state index in [0.717, 1.165) is 11.6 Å². The second kappa shape index (κ2) is 4.05. The molecule has 14 heavy (non-hydrogen) atoms. The van der Waals surface area contributed by atoms with Crippen LogP contribution in [0.5, 0.6) is 0 Å². The summed E-state index contributed by atoms with van der Waals surface area (Å²) in [7, 11) is 0. The second-order valence-electron chi connectivity index (χ2n) is 4.29. The zero-order valence-electron chi connectivity index (χ0n) is 8.77. The molecule has 3 nitrogen and oxygen atoms in total. The van der Waals surface area contributed by atoms with Crippen LogP contribution in [0.25, 0.3) is 0 Å². The number of hydrogen-bond acceptors (Lipinski definition) is 3. The Morgan fingerprint density at radius 3 is 2.79 bits per heavy atom. The predicted octanol–water partition coefficient (Wildman–Crippen LogP) is 1.93. The summed E-state index contributed by atoms with van der Waals surface area (Å²) < 4.78 is 0. The Bertz CT molecular complexity index is 280. The average molecular weight is 191 g/mol. The predicted molar refractivity (Wildman–Crippen MR) is 55.8 cm³/mol. The largest absolute Gasteiger partial charge is 0.306 e. The zero-order valence-corrected chi connectivity index (χ0v) is 8.77. The average Bonchev–Trinajstić information content (AvgIpc) is 2.17. The lowest BCUT2D eigenvalue weighted by molar-refractivity contribution is 0.225. The first-order valence-corrected chi connectivity index (χ1v) is 5.27. The van der Waals surface area contributed by atoms with Gasteiger partial charge < -0.3 is 5.32 Å². The quantitative estimate of drug-likeness (QED) is 0.793. The third-order valence-electron chi connectivity index (χ3n) is 2.89. The Morgan fingerprint density at radius 2 is 2.21 bits per heavy atom. The summed E-state index contributed by atoms with van der Waals surface area (Å²) in [6.45, 7) is 4.44. The van der Waals surface area contributed by atoms with E-state index in [0.29, 0.717) is 12.1 Å². The van der Waals surface area contributed by atoms with Crippen LogP contribution in [0.4, 0.5) is 0 Å². The van der Waals surface area contributed by atoms with Gasteiger partial charge in [-0.1, -0.05) is 6.92 Å². The van der Waals surface area contributed by atoms with E-state index in [2.05, 4.69) is 29.1 Å². The van der Waals surface area contributed by atoms with Gasteiger partial charge in [0.15, 0.2) is 0 Å². The van der Waals surface area contributed by atoms with Gasteiger partial charge in [-0.15, -0.1) is 0 Å². The third kappa shape index (κ3) is 2.10. The molecule has 76 valence electrons. The summed E-state index contributed by atoms with van der Waals surface area (Å²) in [6, 6.07) is 1.00. The first kappa shape index (κ1) is 9.59. The Labute approximate surface area is 85.0 Å². The van der Waals surface area contributed by atoms with E-state index in [1.165, 1.54) is 12.8 Å². The summed E-state index contributed by atoms with van der Waals surface area (Å²) in [5, 5.41) is 3.56. The van der Waals surface area contributed by atoms with Crippen molar-refractivity contribution >= 4 is 0 Å². The van der Waals surface area contributed by atoms with Gasteiger partial charge in [-0.05, 0) is 25.7 Å². The van der Waals surface area contributed by atoms with Crippen molar-refractivity contribution in [1.82, 2.24) is 15.3 Å². The van der Waals surface area contributed by atoms with E-state index in [1.54, 1.807) is 12.4 Å². The molecular weight excluding hydrogens is 174 g/mol. The molecule has 1 N–H and O–H groups in total. The smallest absolute Gasteiger partial charge is 0.0753 e. The summed E-state index contributed by atoms with van der Waals surface area (Å²) >= 11 is 0. The third-order valence-corrected chi connectivity index (χ3v) is 2.89. The summed E-state index contributed by atoms with van der Waals surface area (Å²) in [5.74, 6) is 0.890. The van der Waals surface area contributed by atoms with Gasteiger partial charge in [0.05, 0.1) is 5.69 Å².